The van der Waals surface area contributed by atoms with Crippen LogP contribution in [-0.2, 0) is 13.0 Å². The number of para-hydroxylation sites is 1. The number of aryl methyl sites for hydroxylation is 2. The first kappa shape index (κ1) is 11.7. The Bertz CT molecular complexity index is 701. The van der Waals surface area contributed by atoms with Crippen LogP contribution in [0.3, 0.4) is 0 Å². The average molecular weight is 250 g/mol. The molecule has 3 nitrogen and oxygen atoms in total. The van der Waals surface area contributed by atoms with Crippen LogP contribution >= 0.6 is 0 Å². The van der Waals surface area contributed by atoms with Gasteiger partial charge in [0.15, 0.2) is 6.29 Å². The van der Waals surface area contributed by atoms with Gasteiger partial charge in [-0.1, -0.05) is 18.2 Å². The van der Waals surface area contributed by atoms with Crippen molar-refractivity contribution in [2.45, 2.75) is 13.0 Å². The van der Waals surface area contributed by atoms with E-state index in [0.717, 1.165) is 41.4 Å². The lowest BCUT2D eigenvalue weighted by atomic mass is 10.1. The molecule has 1 aromatic carbocycles. The standard InChI is InChI=1S/C16H14N2O/c19-12-14-5-3-4-13-7-10-18(16(13)14)11-8-15-6-1-2-9-17-15/h1-7,9-10,12H,8,11H2. The van der Waals surface area contributed by atoms with E-state index in [1.807, 2.05) is 48.7 Å². The number of carbonyl (C=O) groups excluding carboxylic acids is 1. The lowest BCUT2D eigenvalue weighted by molar-refractivity contribution is 0.112. The maximum atomic E-state index is 11.1. The highest BCUT2D eigenvalue weighted by Crippen LogP contribution is 2.19. The van der Waals surface area contributed by atoms with Gasteiger partial charge < -0.3 is 4.57 Å². The van der Waals surface area contributed by atoms with E-state index in [0.29, 0.717) is 0 Å². The first-order chi connectivity index (χ1) is 9.38. The molecule has 0 aliphatic carbocycles. The molecule has 0 unspecified atom stereocenters. The van der Waals surface area contributed by atoms with Crippen molar-refractivity contribution in [3.05, 3.63) is 66.1 Å². The third-order valence-electron chi connectivity index (χ3n) is 3.28. The highest BCUT2D eigenvalue weighted by atomic mass is 16.1. The molecule has 0 radical (unpaired) electrons. The number of hydrogen-bond acceptors (Lipinski definition) is 2. The van der Waals surface area contributed by atoms with E-state index in [9.17, 15) is 4.79 Å². The van der Waals surface area contributed by atoms with Crippen LogP contribution in [0.2, 0.25) is 0 Å². The smallest absolute Gasteiger partial charge is 0.152 e. The summed E-state index contributed by atoms with van der Waals surface area (Å²) in [7, 11) is 0. The van der Waals surface area contributed by atoms with Crippen LogP contribution in [0.4, 0.5) is 0 Å². The van der Waals surface area contributed by atoms with E-state index in [-0.39, 0.29) is 0 Å². The summed E-state index contributed by atoms with van der Waals surface area (Å²) in [6.45, 7) is 0.825. The van der Waals surface area contributed by atoms with Crippen molar-refractivity contribution in [2.24, 2.45) is 0 Å². The maximum absolute atomic E-state index is 11.1. The molecule has 19 heavy (non-hydrogen) atoms. The monoisotopic (exact) mass is 250 g/mol. The van der Waals surface area contributed by atoms with Crippen molar-refractivity contribution < 1.29 is 4.79 Å². The molecule has 0 bridgehead atoms. The van der Waals surface area contributed by atoms with Crippen molar-refractivity contribution in [1.29, 1.82) is 0 Å². The number of hydrogen-bond donors (Lipinski definition) is 0. The second kappa shape index (κ2) is 5.06. The molecule has 3 heteroatoms. The van der Waals surface area contributed by atoms with Crippen LogP contribution in [0.5, 0.6) is 0 Å². The third kappa shape index (κ3) is 2.27. The predicted octanol–water partition coefficient (Wildman–Crippen LogP) is 3.09. The summed E-state index contributed by atoms with van der Waals surface area (Å²) in [5, 5.41) is 1.10. The summed E-state index contributed by atoms with van der Waals surface area (Å²) in [6, 6.07) is 13.8. The number of rotatable bonds is 4. The zero-order valence-corrected chi connectivity index (χ0v) is 10.5. The lowest BCUT2D eigenvalue weighted by Crippen LogP contribution is -2.02. The minimum Gasteiger partial charge on any atom is -0.347 e. The van der Waals surface area contributed by atoms with Crippen LogP contribution in [-0.4, -0.2) is 15.8 Å². The summed E-state index contributed by atoms with van der Waals surface area (Å²) in [5.74, 6) is 0. The van der Waals surface area contributed by atoms with E-state index in [2.05, 4.69) is 9.55 Å². The van der Waals surface area contributed by atoms with Crippen molar-refractivity contribution in [2.75, 3.05) is 0 Å². The second-order valence-electron chi connectivity index (χ2n) is 4.48. The van der Waals surface area contributed by atoms with Crippen LogP contribution < -0.4 is 0 Å². The number of nitrogens with zero attached hydrogens (tertiary/aromatic N) is 2. The van der Waals surface area contributed by atoms with Gasteiger partial charge in [0, 0.05) is 42.0 Å². The summed E-state index contributed by atoms with van der Waals surface area (Å²) in [6.07, 6.45) is 5.61. The fraction of sp³-hybridized carbons (Fsp3) is 0.125. The molecule has 0 saturated carbocycles. The van der Waals surface area contributed by atoms with E-state index in [4.69, 9.17) is 0 Å². The van der Waals surface area contributed by atoms with Crippen LogP contribution in [0.1, 0.15) is 16.1 Å². The molecule has 0 spiro atoms. The zero-order chi connectivity index (χ0) is 13.1. The maximum Gasteiger partial charge on any atom is 0.152 e. The number of fused-ring (bicyclic) bond motifs is 1. The summed E-state index contributed by atoms with van der Waals surface area (Å²) >= 11 is 0. The molecular weight excluding hydrogens is 236 g/mol. The Hall–Kier alpha value is -2.42. The zero-order valence-electron chi connectivity index (χ0n) is 10.5. The largest absolute Gasteiger partial charge is 0.347 e. The average Bonchev–Trinajstić information content (AvgIpc) is 2.89. The molecule has 0 aliphatic heterocycles. The lowest BCUT2D eigenvalue weighted by Gasteiger charge is -2.06. The SMILES string of the molecule is O=Cc1cccc2ccn(CCc3ccccn3)c12. The second-order valence-corrected chi connectivity index (χ2v) is 4.48. The highest BCUT2D eigenvalue weighted by molar-refractivity contribution is 5.96. The fourth-order valence-corrected chi connectivity index (χ4v) is 2.35. The Labute approximate surface area is 111 Å². The van der Waals surface area contributed by atoms with E-state index in [1.165, 1.54) is 0 Å². The van der Waals surface area contributed by atoms with E-state index in [1.54, 1.807) is 6.20 Å². The first-order valence-electron chi connectivity index (χ1n) is 6.31. The van der Waals surface area contributed by atoms with Crippen molar-refractivity contribution in [1.82, 2.24) is 9.55 Å². The van der Waals surface area contributed by atoms with Crippen LogP contribution in [0.15, 0.2) is 54.9 Å². The van der Waals surface area contributed by atoms with Crippen molar-refractivity contribution >= 4 is 17.2 Å². The van der Waals surface area contributed by atoms with Gasteiger partial charge in [0.25, 0.3) is 0 Å². The molecule has 0 fully saturated rings. The van der Waals surface area contributed by atoms with Gasteiger partial charge in [0.2, 0.25) is 0 Å². The van der Waals surface area contributed by atoms with Crippen LogP contribution in [0, 0.1) is 0 Å². The van der Waals surface area contributed by atoms with Crippen LogP contribution in [0.25, 0.3) is 10.9 Å². The topological polar surface area (TPSA) is 34.9 Å². The summed E-state index contributed by atoms with van der Waals surface area (Å²) in [4.78, 5) is 15.4. The number of aldehydes is 1. The Balaban J connectivity index is 1.91. The van der Waals surface area contributed by atoms with Gasteiger partial charge in [-0.05, 0) is 24.3 Å². The molecule has 0 aliphatic rings. The van der Waals surface area contributed by atoms with Gasteiger partial charge in [-0.2, -0.15) is 0 Å². The van der Waals surface area contributed by atoms with E-state index < -0.39 is 0 Å². The number of benzene rings is 1. The fourth-order valence-electron chi connectivity index (χ4n) is 2.35. The molecule has 2 aromatic heterocycles. The molecule has 94 valence electrons. The molecule has 0 atom stereocenters. The van der Waals surface area contributed by atoms with Gasteiger partial charge in [-0.15, -0.1) is 0 Å². The summed E-state index contributed by atoms with van der Waals surface area (Å²) < 4.78 is 2.12. The van der Waals surface area contributed by atoms with Gasteiger partial charge >= 0.3 is 0 Å². The predicted molar refractivity (Wildman–Crippen MR) is 75.3 cm³/mol. The van der Waals surface area contributed by atoms with Gasteiger partial charge in [0.05, 0.1) is 5.52 Å². The normalized spacial score (nSPS) is 10.7. The Morgan fingerprint density at radius 1 is 1.11 bits per heavy atom. The van der Waals surface area contributed by atoms with Crippen molar-refractivity contribution in [3.63, 3.8) is 0 Å². The quantitative estimate of drug-likeness (QED) is 0.667. The molecule has 3 rings (SSSR count). The molecule has 2 heterocycles. The molecule has 0 amide bonds. The number of pyridine rings is 1. The molecule has 0 saturated heterocycles. The minimum atomic E-state index is 0.739. The molecule has 0 N–H and O–H groups in total. The molecule has 3 aromatic rings. The highest BCUT2D eigenvalue weighted by Gasteiger charge is 2.06. The Morgan fingerprint density at radius 3 is 2.84 bits per heavy atom. The Morgan fingerprint density at radius 2 is 2.05 bits per heavy atom. The summed E-state index contributed by atoms with van der Waals surface area (Å²) in [5.41, 5.74) is 2.81. The number of carbonyl (C=O) groups is 1. The van der Waals surface area contributed by atoms with Crippen molar-refractivity contribution in [3.8, 4) is 0 Å². The van der Waals surface area contributed by atoms with Gasteiger partial charge in [-0.25, -0.2) is 0 Å². The van der Waals surface area contributed by atoms with Gasteiger partial charge in [0.1, 0.15) is 0 Å². The third-order valence-corrected chi connectivity index (χ3v) is 3.28. The first-order valence-corrected chi connectivity index (χ1v) is 6.31. The minimum absolute atomic E-state index is 0.739. The Kier molecular flexibility index (Phi) is 3.11. The van der Waals surface area contributed by atoms with Gasteiger partial charge in [-0.3, -0.25) is 9.78 Å². The number of aromatic nitrogens is 2. The molecular formula is C16H14N2O. The van der Waals surface area contributed by atoms with E-state index >= 15 is 0 Å².